The van der Waals surface area contributed by atoms with Gasteiger partial charge in [-0.25, -0.2) is 0 Å². The first-order valence-electron chi connectivity index (χ1n) is 8.10. The smallest absolute Gasteiger partial charge is 0.164 e. The van der Waals surface area contributed by atoms with Crippen molar-refractivity contribution in [2.45, 2.75) is 46.0 Å². The Balaban J connectivity index is 1.79. The first kappa shape index (κ1) is 16.5. The van der Waals surface area contributed by atoms with E-state index in [2.05, 4.69) is 18.7 Å². The van der Waals surface area contributed by atoms with Crippen molar-refractivity contribution in [2.24, 2.45) is 5.41 Å². The molecule has 1 saturated heterocycles. The van der Waals surface area contributed by atoms with Crippen LogP contribution in [0.1, 0.15) is 56.3 Å². The SMILES string of the molecule is CCC1(CC)CCN(CCC(=O)c2ccc(Cl)cc2)CC1. The summed E-state index contributed by atoms with van der Waals surface area (Å²) in [5.74, 6) is 0.217. The molecule has 0 radical (unpaired) electrons. The molecule has 0 N–H and O–H groups in total. The van der Waals surface area contributed by atoms with Gasteiger partial charge in [0, 0.05) is 23.6 Å². The van der Waals surface area contributed by atoms with E-state index in [1.807, 2.05) is 12.1 Å². The van der Waals surface area contributed by atoms with Crippen LogP contribution in [-0.2, 0) is 0 Å². The average molecular weight is 308 g/mol. The zero-order valence-corrected chi connectivity index (χ0v) is 14.0. The Labute approximate surface area is 133 Å². The van der Waals surface area contributed by atoms with E-state index in [1.54, 1.807) is 12.1 Å². The number of benzene rings is 1. The molecule has 0 spiro atoms. The lowest BCUT2D eigenvalue weighted by Gasteiger charge is -2.41. The Morgan fingerprint density at radius 2 is 1.71 bits per heavy atom. The summed E-state index contributed by atoms with van der Waals surface area (Å²) in [5.41, 5.74) is 1.32. The fourth-order valence-electron chi connectivity index (χ4n) is 3.25. The van der Waals surface area contributed by atoms with Gasteiger partial charge in [-0.3, -0.25) is 4.79 Å². The number of halogens is 1. The second kappa shape index (κ2) is 7.42. The standard InChI is InChI=1S/C18H26ClNO/c1-3-18(4-2)10-13-20(14-11-18)12-9-17(21)15-5-7-16(19)8-6-15/h5-8H,3-4,9-14H2,1-2H3. The van der Waals surface area contributed by atoms with Crippen molar-refractivity contribution in [3.05, 3.63) is 34.9 Å². The van der Waals surface area contributed by atoms with E-state index in [-0.39, 0.29) is 5.78 Å². The van der Waals surface area contributed by atoms with Gasteiger partial charge in [0.05, 0.1) is 0 Å². The second-order valence-electron chi connectivity index (χ2n) is 6.23. The monoisotopic (exact) mass is 307 g/mol. The predicted octanol–water partition coefficient (Wildman–Crippen LogP) is 4.82. The molecule has 21 heavy (non-hydrogen) atoms. The molecule has 1 aliphatic heterocycles. The lowest BCUT2D eigenvalue weighted by Crippen LogP contribution is -2.40. The van der Waals surface area contributed by atoms with E-state index in [0.29, 0.717) is 16.9 Å². The van der Waals surface area contributed by atoms with Crippen molar-refractivity contribution in [3.63, 3.8) is 0 Å². The molecule has 1 fully saturated rings. The average Bonchev–Trinajstić information content (AvgIpc) is 2.54. The summed E-state index contributed by atoms with van der Waals surface area (Å²) in [7, 11) is 0. The summed E-state index contributed by atoms with van der Waals surface area (Å²) in [4.78, 5) is 14.6. The zero-order valence-electron chi connectivity index (χ0n) is 13.2. The molecule has 2 nitrogen and oxygen atoms in total. The topological polar surface area (TPSA) is 20.3 Å². The highest BCUT2D eigenvalue weighted by Gasteiger charge is 2.31. The number of nitrogens with zero attached hydrogens (tertiary/aromatic N) is 1. The van der Waals surface area contributed by atoms with Crippen molar-refractivity contribution in [1.29, 1.82) is 0 Å². The van der Waals surface area contributed by atoms with Gasteiger partial charge in [-0.15, -0.1) is 0 Å². The van der Waals surface area contributed by atoms with Crippen LogP contribution in [-0.4, -0.2) is 30.3 Å². The van der Waals surface area contributed by atoms with Crippen LogP contribution < -0.4 is 0 Å². The third-order valence-electron chi connectivity index (χ3n) is 5.24. The second-order valence-corrected chi connectivity index (χ2v) is 6.67. The van der Waals surface area contributed by atoms with Crippen molar-refractivity contribution in [1.82, 2.24) is 4.90 Å². The van der Waals surface area contributed by atoms with Crippen LogP contribution in [0.5, 0.6) is 0 Å². The van der Waals surface area contributed by atoms with Crippen LogP contribution in [0.4, 0.5) is 0 Å². The number of hydrogen-bond donors (Lipinski definition) is 0. The van der Waals surface area contributed by atoms with E-state index in [4.69, 9.17) is 11.6 Å². The van der Waals surface area contributed by atoms with Crippen molar-refractivity contribution in [3.8, 4) is 0 Å². The Hall–Kier alpha value is -0.860. The van der Waals surface area contributed by atoms with Gasteiger partial charge >= 0.3 is 0 Å². The first-order valence-corrected chi connectivity index (χ1v) is 8.47. The number of carbonyl (C=O) groups excluding carboxylic acids is 1. The summed E-state index contributed by atoms with van der Waals surface area (Å²) in [6.07, 6.45) is 5.71. The quantitative estimate of drug-likeness (QED) is 0.703. The summed E-state index contributed by atoms with van der Waals surface area (Å²) in [6.45, 7) is 7.77. The predicted molar refractivity (Wildman–Crippen MR) is 89.1 cm³/mol. The fourth-order valence-corrected chi connectivity index (χ4v) is 3.37. The number of piperidine rings is 1. The van der Waals surface area contributed by atoms with Crippen molar-refractivity contribution in [2.75, 3.05) is 19.6 Å². The van der Waals surface area contributed by atoms with Crippen LogP contribution in [0, 0.1) is 5.41 Å². The maximum Gasteiger partial charge on any atom is 0.164 e. The van der Waals surface area contributed by atoms with Gasteiger partial charge in [-0.05, 0) is 55.6 Å². The number of ketones is 1. The minimum Gasteiger partial charge on any atom is -0.303 e. The maximum absolute atomic E-state index is 12.2. The Bertz CT molecular complexity index is 455. The molecule has 2 rings (SSSR count). The van der Waals surface area contributed by atoms with Crippen LogP contribution in [0.25, 0.3) is 0 Å². The van der Waals surface area contributed by atoms with Crippen molar-refractivity contribution < 1.29 is 4.79 Å². The van der Waals surface area contributed by atoms with Gasteiger partial charge in [0.15, 0.2) is 5.78 Å². The van der Waals surface area contributed by atoms with Crippen molar-refractivity contribution >= 4 is 17.4 Å². The molecule has 1 aliphatic rings. The number of carbonyl (C=O) groups is 1. The maximum atomic E-state index is 12.2. The number of likely N-dealkylation sites (tertiary alicyclic amines) is 1. The lowest BCUT2D eigenvalue weighted by molar-refractivity contribution is 0.0841. The highest BCUT2D eigenvalue weighted by molar-refractivity contribution is 6.30. The summed E-state index contributed by atoms with van der Waals surface area (Å²) < 4.78 is 0. The zero-order chi connectivity index (χ0) is 15.3. The van der Waals surface area contributed by atoms with Gasteiger partial charge in [0.2, 0.25) is 0 Å². The Kier molecular flexibility index (Phi) is 5.83. The Morgan fingerprint density at radius 1 is 1.14 bits per heavy atom. The first-order chi connectivity index (χ1) is 10.1. The lowest BCUT2D eigenvalue weighted by atomic mass is 9.74. The minimum atomic E-state index is 0.217. The molecule has 116 valence electrons. The van der Waals surface area contributed by atoms with E-state index in [9.17, 15) is 4.79 Å². The van der Waals surface area contributed by atoms with Crippen LogP contribution in [0.2, 0.25) is 5.02 Å². The molecule has 1 aromatic carbocycles. The molecule has 0 amide bonds. The molecule has 3 heteroatoms. The normalized spacial score (nSPS) is 18.6. The third-order valence-corrected chi connectivity index (χ3v) is 5.49. The Morgan fingerprint density at radius 3 is 2.24 bits per heavy atom. The van der Waals surface area contributed by atoms with Gasteiger partial charge in [0.25, 0.3) is 0 Å². The fraction of sp³-hybridized carbons (Fsp3) is 0.611. The highest BCUT2D eigenvalue weighted by atomic mass is 35.5. The van der Waals surface area contributed by atoms with Gasteiger partial charge in [0.1, 0.15) is 0 Å². The van der Waals surface area contributed by atoms with Crippen LogP contribution >= 0.6 is 11.6 Å². The molecule has 0 bridgehead atoms. The largest absolute Gasteiger partial charge is 0.303 e. The summed E-state index contributed by atoms with van der Waals surface area (Å²) >= 11 is 5.85. The molecule has 0 saturated carbocycles. The summed E-state index contributed by atoms with van der Waals surface area (Å²) in [5, 5.41) is 0.679. The van der Waals surface area contributed by atoms with E-state index in [1.165, 1.54) is 25.7 Å². The number of rotatable bonds is 6. The van der Waals surface area contributed by atoms with E-state index in [0.717, 1.165) is 25.2 Å². The molecule has 0 aliphatic carbocycles. The van der Waals surface area contributed by atoms with Gasteiger partial charge in [-0.2, -0.15) is 0 Å². The molecule has 0 unspecified atom stereocenters. The molecular formula is C18H26ClNO. The molecule has 0 atom stereocenters. The number of Topliss-reactive ketones (excluding diaryl/α,β-unsaturated/α-hetero) is 1. The van der Waals surface area contributed by atoms with Gasteiger partial charge in [-0.1, -0.05) is 38.3 Å². The van der Waals surface area contributed by atoms with Crippen LogP contribution in [0.3, 0.4) is 0 Å². The molecule has 1 heterocycles. The van der Waals surface area contributed by atoms with E-state index >= 15 is 0 Å². The van der Waals surface area contributed by atoms with Gasteiger partial charge < -0.3 is 4.90 Å². The highest BCUT2D eigenvalue weighted by Crippen LogP contribution is 2.37. The van der Waals surface area contributed by atoms with E-state index < -0.39 is 0 Å². The molecule has 1 aromatic rings. The minimum absolute atomic E-state index is 0.217. The summed E-state index contributed by atoms with van der Waals surface area (Å²) in [6, 6.07) is 7.21. The third kappa shape index (κ3) is 4.31. The number of hydrogen-bond acceptors (Lipinski definition) is 2. The molecule has 0 aromatic heterocycles. The molecular weight excluding hydrogens is 282 g/mol. The van der Waals surface area contributed by atoms with Crippen LogP contribution in [0.15, 0.2) is 24.3 Å².